The summed E-state index contributed by atoms with van der Waals surface area (Å²) in [5, 5.41) is 0. The topological polar surface area (TPSA) is 44.8 Å². The molecule has 19 heteroatoms. The fourth-order valence-corrected chi connectivity index (χ4v) is 1.55. The number of carbonyl (C=O) groups excluding carboxylic acids is 1. The Labute approximate surface area is 180 Å². The molecule has 0 aliphatic rings. The van der Waals surface area contributed by atoms with E-state index in [9.17, 15) is 70.7 Å². The van der Waals surface area contributed by atoms with E-state index in [0.717, 1.165) is 0 Å². The maximum atomic E-state index is 13.4. The molecule has 0 amide bonds. The van der Waals surface area contributed by atoms with E-state index in [-0.39, 0.29) is 6.42 Å². The Morgan fingerprint density at radius 1 is 0.647 bits per heavy atom. The van der Waals surface area contributed by atoms with E-state index in [1.165, 1.54) is 25.5 Å². The van der Waals surface area contributed by atoms with Crippen LogP contribution in [0.15, 0.2) is 0 Å². The summed E-state index contributed by atoms with van der Waals surface area (Å²) in [4.78, 5) is 11.5. The third-order valence-electron chi connectivity index (χ3n) is 4.05. The molecule has 0 aliphatic carbocycles. The van der Waals surface area contributed by atoms with E-state index in [2.05, 4.69) is 9.47 Å². The third kappa shape index (κ3) is 6.72. The highest BCUT2D eigenvalue weighted by molar-refractivity contribution is 5.75. The molecule has 0 spiro atoms. The number of rotatable bonds is 12. The third-order valence-corrected chi connectivity index (χ3v) is 4.05. The molecule has 204 valence electrons. The molecular weight excluding hydrogens is 529 g/mol. The molecule has 0 N–H and O–H groups in total. The highest BCUT2D eigenvalue weighted by Gasteiger charge is 2.85. The fraction of sp³-hybridized carbons (Fsp3) is 0.933. The van der Waals surface area contributed by atoms with Gasteiger partial charge in [0.2, 0.25) is 0 Å². The first kappa shape index (κ1) is 32.3. The second-order valence-corrected chi connectivity index (χ2v) is 7.16. The van der Waals surface area contributed by atoms with Crippen LogP contribution in [0.4, 0.5) is 65.9 Å². The van der Waals surface area contributed by atoms with Crippen molar-refractivity contribution in [1.82, 2.24) is 0 Å². The van der Waals surface area contributed by atoms with Crippen LogP contribution >= 0.6 is 0 Å². The number of carbonyl (C=O) groups is 1. The van der Waals surface area contributed by atoms with Crippen molar-refractivity contribution in [3.8, 4) is 0 Å². The van der Waals surface area contributed by atoms with E-state index in [4.69, 9.17) is 0 Å². The first-order valence-electron chi connectivity index (χ1n) is 8.51. The lowest BCUT2D eigenvalue weighted by Gasteiger charge is -2.36. The van der Waals surface area contributed by atoms with Crippen LogP contribution in [0.3, 0.4) is 0 Å². The first-order chi connectivity index (χ1) is 14.6. The Hall–Kier alpha value is -1.66. The molecule has 0 saturated carbocycles. The minimum Gasteiger partial charge on any atom is -0.465 e. The minimum absolute atomic E-state index is 0.0899. The van der Waals surface area contributed by atoms with Crippen molar-refractivity contribution in [3.63, 3.8) is 0 Å². The molecule has 0 fully saturated rings. The molecule has 0 aromatic carbocycles. The number of alkyl halides is 15. The van der Waals surface area contributed by atoms with Crippen molar-refractivity contribution in [2.75, 3.05) is 6.61 Å². The highest BCUT2D eigenvalue weighted by Crippen LogP contribution is 2.56. The van der Waals surface area contributed by atoms with Gasteiger partial charge >= 0.3 is 48.4 Å². The number of ether oxygens (including phenoxy) is 3. The summed E-state index contributed by atoms with van der Waals surface area (Å²) >= 11 is 0. The highest BCUT2D eigenvalue weighted by atomic mass is 19.4. The summed E-state index contributed by atoms with van der Waals surface area (Å²) in [6.45, 7) is 2.48. The van der Waals surface area contributed by atoms with Gasteiger partial charge in [0, 0.05) is 0 Å². The van der Waals surface area contributed by atoms with Crippen LogP contribution in [0.5, 0.6) is 0 Å². The Balaban J connectivity index is 5.57. The van der Waals surface area contributed by atoms with Gasteiger partial charge in [-0.05, 0) is 20.3 Å². The summed E-state index contributed by atoms with van der Waals surface area (Å²) in [5.74, 6) is -16.9. The standard InChI is InChI=1S/C15H15F15O4/c1-4-8(2,3)7(31)32-6-5-9(16,17)33-14(27,28)15(29,30)34-13(25,26)11(20,21)10(18,19)12(22,23)24/h4-6H2,1-3H3. The minimum atomic E-state index is -7.92. The molecule has 0 aliphatic heterocycles. The summed E-state index contributed by atoms with van der Waals surface area (Å²) < 4.78 is 201. The van der Waals surface area contributed by atoms with Crippen molar-refractivity contribution in [1.29, 1.82) is 0 Å². The molecule has 0 atom stereocenters. The van der Waals surface area contributed by atoms with Crippen molar-refractivity contribution < 1.29 is 84.9 Å². The zero-order chi connectivity index (χ0) is 27.8. The van der Waals surface area contributed by atoms with E-state index >= 15 is 0 Å². The number of hydrogen-bond acceptors (Lipinski definition) is 4. The predicted octanol–water partition coefficient (Wildman–Crippen LogP) is 6.59. The van der Waals surface area contributed by atoms with Crippen molar-refractivity contribution in [3.05, 3.63) is 0 Å². The molecule has 0 radical (unpaired) electrons. The quantitative estimate of drug-likeness (QED) is 0.206. The average molecular weight is 544 g/mol. The normalized spacial score (nSPS) is 15.5. The summed E-state index contributed by atoms with van der Waals surface area (Å²) in [6, 6.07) is 0. The largest absolute Gasteiger partial charge is 0.465 e. The summed E-state index contributed by atoms with van der Waals surface area (Å²) in [7, 11) is 0. The van der Waals surface area contributed by atoms with Crippen molar-refractivity contribution >= 4 is 5.97 Å². The lowest BCUT2D eigenvalue weighted by atomic mass is 9.91. The van der Waals surface area contributed by atoms with Crippen molar-refractivity contribution in [2.45, 2.75) is 76.1 Å². The Morgan fingerprint density at radius 3 is 1.44 bits per heavy atom. The monoisotopic (exact) mass is 544 g/mol. The van der Waals surface area contributed by atoms with E-state index < -0.39 is 66.9 Å². The van der Waals surface area contributed by atoms with Gasteiger partial charge in [-0.1, -0.05) is 6.92 Å². The van der Waals surface area contributed by atoms with Crippen LogP contribution in [-0.4, -0.2) is 55.0 Å². The van der Waals surface area contributed by atoms with E-state index in [1.807, 2.05) is 0 Å². The molecule has 0 bridgehead atoms. The van der Waals surface area contributed by atoms with Crippen LogP contribution in [0.2, 0.25) is 0 Å². The first-order valence-corrected chi connectivity index (χ1v) is 8.51. The van der Waals surface area contributed by atoms with E-state index in [0.29, 0.717) is 0 Å². The number of hydrogen-bond donors (Lipinski definition) is 0. The van der Waals surface area contributed by atoms with Gasteiger partial charge in [0.05, 0.1) is 18.4 Å². The molecule has 0 heterocycles. The molecule has 0 unspecified atom stereocenters. The van der Waals surface area contributed by atoms with E-state index in [1.54, 1.807) is 0 Å². The molecule has 0 rings (SSSR count). The van der Waals surface area contributed by atoms with Crippen LogP contribution < -0.4 is 0 Å². The lowest BCUT2D eigenvalue weighted by Crippen LogP contribution is -2.64. The molecular formula is C15H15F15O4. The Morgan fingerprint density at radius 2 is 1.06 bits per heavy atom. The van der Waals surface area contributed by atoms with Crippen LogP contribution in [-0.2, 0) is 19.0 Å². The molecule has 34 heavy (non-hydrogen) atoms. The van der Waals surface area contributed by atoms with Crippen LogP contribution in [0, 0.1) is 5.41 Å². The second kappa shape index (κ2) is 9.42. The average Bonchev–Trinajstić information content (AvgIpc) is 2.57. The van der Waals surface area contributed by atoms with Crippen LogP contribution in [0.25, 0.3) is 0 Å². The van der Waals surface area contributed by atoms with Gasteiger partial charge in [-0.25, -0.2) is 9.47 Å². The van der Waals surface area contributed by atoms with Crippen LogP contribution in [0.1, 0.15) is 33.6 Å². The molecule has 0 saturated heterocycles. The van der Waals surface area contributed by atoms with Gasteiger partial charge in [0.25, 0.3) is 0 Å². The summed E-state index contributed by atoms with van der Waals surface area (Å²) in [6.07, 6.45) is -37.0. The molecule has 0 aromatic rings. The Bertz CT molecular complexity index is 715. The lowest BCUT2D eigenvalue weighted by molar-refractivity contribution is -0.542. The zero-order valence-electron chi connectivity index (χ0n) is 16.9. The number of esters is 1. The van der Waals surface area contributed by atoms with Crippen molar-refractivity contribution in [2.24, 2.45) is 5.41 Å². The van der Waals surface area contributed by atoms with Gasteiger partial charge in [-0.3, -0.25) is 4.79 Å². The number of halogens is 15. The maximum absolute atomic E-state index is 13.4. The molecule has 4 nitrogen and oxygen atoms in total. The predicted molar refractivity (Wildman–Crippen MR) is 77.6 cm³/mol. The fourth-order valence-electron chi connectivity index (χ4n) is 1.55. The SMILES string of the molecule is CCC(C)(C)C(=O)OCCC(F)(F)OC(F)(F)C(F)(F)OC(F)(F)C(F)(F)C(F)(F)C(F)(F)F. The van der Waals surface area contributed by atoms with Gasteiger partial charge in [-0.15, -0.1) is 0 Å². The summed E-state index contributed by atoms with van der Waals surface area (Å²) in [5.41, 5.74) is -1.27. The van der Waals surface area contributed by atoms with Gasteiger partial charge < -0.3 is 4.74 Å². The van der Waals surface area contributed by atoms with Gasteiger partial charge in [0.1, 0.15) is 0 Å². The smallest absolute Gasteiger partial charge is 0.460 e. The Kier molecular flexibility index (Phi) is 8.96. The maximum Gasteiger partial charge on any atom is 0.460 e. The van der Waals surface area contributed by atoms with Gasteiger partial charge in [-0.2, -0.15) is 65.9 Å². The second-order valence-electron chi connectivity index (χ2n) is 7.16. The molecule has 0 aromatic heterocycles. The zero-order valence-corrected chi connectivity index (χ0v) is 16.9. The van der Waals surface area contributed by atoms with Gasteiger partial charge in [0.15, 0.2) is 0 Å².